The van der Waals surface area contributed by atoms with Gasteiger partial charge in [0.25, 0.3) is 0 Å². The van der Waals surface area contributed by atoms with Gasteiger partial charge in [0, 0.05) is 80.1 Å². The minimum Gasteiger partial charge on any atom is -0.481 e. The smallest absolute Gasteiger partial charge is 0.422 e. The monoisotopic (exact) mass is 745 g/mol. The first kappa shape index (κ1) is 35.3. The van der Waals surface area contributed by atoms with Gasteiger partial charge in [-0.3, -0.25) is 14.8 Å². The lowest BCUT2D eigenvalue weighted by Crippen LogP contribution is -2.64. The Morgan fingerprint density at radius 3 is 2.50 bits per heavy atom. The number of methoxy groups -OCH3 is 1. The van der Waals surface area contributed by atoms with Gasteiger partial charge < -0.3 is 24.0 Å². The first-order valence-corrected chi connectivity index (χ1v) is 19.0. The summed E-state index contributed by atoms with van der Waals surface area (Å²) in [5, 5.41) is 8.78. The van der Waals surface area contributed by atoms with E-state index >= 15 is 0 Å². The molecule has 9 rings (SSSR count). The van der Waals surface area contributed by atoms with Crippen molar-refractivity contribution in [2.24, 2.45) is 10.8 Å². The fourth-order valence-corrected chi connectivity index (χ4v) is 9.48. The number of halogens is 3. The summed E-state index contributed by atoms with van der Waals surface area (Å²) >= 11 is 0. The van der Waals surface area contributed by atoms with Crippen LogP contribution in [0.4, 0.5) is 19.0 Å². The Balaban J connectivity index is 1.13. The van der Waals surface area contributed by atoms with Gasteiger partial charge in [-0.25, -0.2) is 0 Å². The summed E-state index contributed by atoms with van der Waals surface area (Å²) in [5.41, 5.74) is 4.59. The maximum absolute atomic E-state index is 14.1. The number of carbonyl (C=O) groups is 1. The summed E-state index contributed by atoms with van der Waals surface area (Å²) in [7, 11) is 1.71. The lowest BCUT2D eigenvalue weighted by molar-refractivity contribution is -0.153. The van der Waals surface area contributed by atoms with Crippen LogP contribution in [-0.2, 0) is 9.53 Å². The number of hydrogen-bond donors (Lipinski definition) is 1. The van der Waals surface area contributed by atoms with Crippen molar-refractivity contribution in [3.63, 3.8) is 0 Å². The molecule has 286 valence electrons. The third-order valence-electron chi connectivity index (χ3n) is 12.4. The van der Waals surface area contributed by atoms with Crippen molar-refractivity contribution in [2.75, 3.05) is 71.0 Å². The number of carbonyl (C=O) groups excluding carboxylic acids is 1. The van der Waals surface area contributed by atoms with Gasteiger partial charge in [0.05, 0.1) is 18.3 Å². The number of aromatic nitrogens is 4. The van der Waals surface area contributed by atoms with E-state index in [1.807, 2.05) is 24.0 Å². The third-order valence-corrected chi connectivity index (χ3v) is 12.4. The second kappa shape index (κ2) is 13.1. The molecular formula is C40H46F3N7O4. The molecule has 2 aromatic heterocycles. The molecule has 0 bridgehead atoms. The van der Waals surface area contributed by atoms with E-state index in [-0.39, 0.29) is 40.5 Å². The standard InChI is InChI=1S/C40H46F3N7O4/c1-4-31(51)50-21-38(22-50)9-11-49(12-10-38)36-28-15-27(25-6-7-25)33(32-24(2)5-8-30-29(32)18-44-47-30)35(53-23-40(41,42)43)34(28)45-37(46-36)54-26-16-39(17-26)19-48(20-39)13-14-52-3/h4-5,8,15,18,25-26H,1,6-7,9-14,16-17,19-23H2,2-3H3,(H,44,47). The Morgan fingerprint density at radius 2 is 1.81 bits per heavy atom. The van der Waals surface area contributed by atoms with Crippen molar-refractivity contribution >= 4 is 33.5 Å². The Kier molecular flexibility index (Phi) is 8.56. The molecule has 5 aliphatic rings. The number of H-pyrrole nitrogens is 1. The van der Waals surface area contributed by atoms with Crippen molar-refractivity contribution < 1.29 is 32.2 Å². The van der Waals surface area contributed by atoms with Gasteiger partial charge in [-0.1, -0.05) is 12.6 Å². The maximum Gasteiger partial charge on any atom is 0.422 e. The lowest BCUT2D eigenvalue weighted by Gasteiger charge is -2.58. The summed E-state index contributed by atoms with van der Waals surface area (Å²) in [5.74, 6) is 0.856. The molecule has 2 saturated carbocycles. The van der Waals surface area contributed by atoms with E-state index in [0.29, 0.717) is 55.1 Å². The molecule has 3 aliphatic heterocycles. The van der Waals surface area contributed by atoms with Crippen LogP contribution in [0.25, 0.3) is 32.9 Å². The van der Waals surface area contributed by atoms with Crippen LogP contribution in [0.15, 0.2) is 37.1 Å². The second-order valence-corrected chi connectivity index (χ2v) is 16.4. The quantitative estimate of drug-likeness (QED) is 0.175. The van der Waals surface area contributed by atoms with Gasteiger partial charge in [0.2, 0.25) is 5.91 Å². The number of piperidine rings is 1. The number of benzene rings is 2. The lowest BCUT2D eigenvalue weighted by atomic mass is 9.62. The summed E-state index contributed by atoms with van der Waals surface area (Å²) < 4.78 is 60.0. The van der Waals surface area contributed by atoms with Crippen molar-refractivity contribution in [3.8, 4) is 22.9 Å². The summed E-state index contributed by atoms with van der Waals surface area (Å²) in [6.07, 6.45) is 3.70. The van der Waals surface area contributed by atoms with Gasteiger partial charge in [-0.05, 0) is 86.3 Å². The predicted molar refractivity (Wildman–Crippen MR) is 198 cm³/mol. The molecule has 4 aromatic rings. The minimum atomic E-state index is -4.57. The highest BCUT2D eigenvalue weighted by Crippen LogP contribution is 2.54. The molecule has 1 N–H and O–H groups in total. The molecule has 1 amide bonds. The highest BCUT2D eigenvalue weighted by molar-refractivity contribution is 6.06. The van der Waals surface area contributed by atoms with Gasteiger partial charge in [0.1, 0.15) is 17.4 Å². The highest BCUT2D eigenvalue weighted by atomic mass is 19.4. The fraction of sp³-hybridized carbons (Fsp3) is 0.550. The number of aromatic amines is 1. The second-order valence-electron chi connectivity index (χ2n) is 16.4. The number of rotatable bonds is 11. The van der Waals surface area contributed by atoms with Gasteiger partial charge in [-0.15, -0.1) is 0 Å². The van der Waals surface area contributed by atoms with E-state index < -0.39 is 12.8 Å². The normalized spacial score (nSPS) is 21.0. The molecule has 11 nitrogen and oxygen atoms in total. The van der Waals surface area contributed by atoms with E-state index in [1.54, 1.807) is 13.3 Å². The van der Waals surface area contributed by atoms with E-state index in [1.165, 1.54) is 6.08 Å². The predicted octanol–water partition coefficient (Wildman–Crippen LogP) is 6.40. The number of alkyl halides is 3. The molecule has 14 heteroatoms. The zero-order valence-corrected chi connectivity index (χ0v) is 30.8. The summed E-state index contributed by atoms with van der Waals surface area (Å²) in [6, 6.07) is 6.14. The number of anilines is 1. The Labute approximate surface area is 311 Å². The molecule has 5 heterocycles. The number of hydrogen-bond acceptors (Lipinski definition) is 9. The number of likely N-dealkylation sites (tertiary alicyclic amines) is 2. The number of nitrogens with zero attached hydrogens (tertiary/aromatic N) is 6. The molecule has 5 fully saturated rings. The molecule has 3 saturated heterocycles. The molecule has 2 spiro atoms. The van der Waals surface area contributed by atoms with Gasteiger partial charge in [-0.2, -0.15) is 28.2 Å². The molecule has 54 heavy (non-hydrogen) atoms. The summed E-state index contributed by atoms with van der Waals surface area (Å²) in [6.45, 7) is 10.5. The molecule has 2 aliphatic carbocycles. The van der Waals surface area contributed by atoms with Crippen LogP contribution in [0.1, 0.15) is 55.6 Å². The van der Waals surface area contributed by atoms with Crippen LogP contribution < -0.4 is 14.4 Å². The topological polar surface area (TPSA) is 109 Å². The van der Waals surface area contributed by atoms with E-state index in [9.17, 15) is 18.0 Å². The average Bonchev–Trinajstić information content (AvgIpc) is 3.84. The number of amides is 1. The van der Waals surface area contributed by atoms with Crippen molar-refractivity contribution in [3.05, 3.63) is 48.2 Å². The molecule has 0 unspecified atom stereocenters. The third kappa shape index (κ3) is 6.34. The molecule has 2 aromatic carbocycles. The van der Waals surface area contributed by atoms with Crippen LogP contribution in [-0.4, -0.2) is 114 Å². The Morgan fingerprint density at radius 1 is 1.06 bits per heavy atom. The van der Waals surface area contributed by atoms with Gasteiger partial charge >= 0.3 is 12.2 Å². The maximum atomic E-state index is 14.1. The van der Waals surface area contributed by atoms with Crippen LogP contribution in [0.3, 0.4) is 0 Å². The molecule has 0 radical (unpaired) electrons. The van der Waals surface area contributed by atoms with Crippen molar-refractivity contribution in [1.82, 2.24) is 30.0 Å². The van der Waals surface area contributed by atoms with E-state index in [4.69, 9.17) is 24.2 Å². The first-order valence-electron chi connectivity index (χ1n) is 19.0. The van der Waals surface area contributed by atoms with Gasteiger partial charge in [0.15, 0.2) is 12.4 Å². The number of nitrogens with one attached hydrogen (secondary N) is 1. The number of aryl methyl sites for hydroxylation is 1. The van der Waals surface area contributed by atoms with Crippen LogP contribution in [0.2, 0.25) is 0 Å². The van der Waals surface area contributed by atoms with Crippen molar-refractivity contribution in [1.29, 1.82) is 0 Å². The number of fused-ring (bicyclic) bond motifs is 2. The molecule has 0 atom stereocenters. The van der Waals surface area contributed by atoms with Crippen molar-refractivity contribution in [2.45, 2.75) is 63.6 Å². The minimum absolute atomic E-state index is 0.0334. The Hall–Kier alpha value is -4.43. The fourth-order valence-electron chi connectivity index (χ4n) is 9.48. The largest absolute Gasteiger partial charge is 0.481 e. The SMILES string of the molecule is C=CC(=O)N1CC2(CCN(c3nc(OC4CC5(C4)CN(CCOC)C5)nc4c(OCC(F)(F)F)c(-c5c(C)ccc6[nH]ncc56)c(C5CC5)cc34)CC2)C1. The van der Waals surface area contributed by atoms with E-state index in [2.05, 4.69) is 32.6 Å². The first-order chi connectivity index (χ1) is 26.0. The highest BCUT2D eigenvalue weighted by Gasteiger charge is 2.53. The van der Waals surface area contributed by atoms with Crippen LogP contribution in [0, 0.1) is 17.8 Å². The Bertz CT molecular complexity index is 2100. The van der Waals surface area contributed by atoms with E-state index in [0.717, 1.165) is 85.8 Å². The number of ether oxygens (including phenoxy) is 3. The zero-order valence-electron chi connectivity index (χ0n) is 30.8. The van der Waals surface area contributed by atoms with Crippen LogP contribution >= 0.6 is 0 Å². The zero-order chi connectivity index (χ0) is 37.4. The van der Waals surface area contributed by atoms with Crippen LogP contribution in [0.5, 0.6) is 11.8 Å². The molecular weight excluding hydrogens is 699 g/mol. The summed E-state index contributed by atoms with van der Waals surface area (Å²) in [4.78, 5) is 28.7. The average molecular weight is 746 g/mol.